The molecule has 1 saturated carbocycles. The molecular weight excluding hydrogens is 478 g/mol. The molecule has 168 valence electrons. The monoisotopic (exact) mass is 503 g/mol. The van der Waals surface area contributed by atoms with Crippen LogP contribution in [0.4, 0.5) is 0 Å². The number of pyridine rings is 1. The minimum atomic E-state index is -0.124. The zero-order valence-electron chi connectivity index (χ0n) is 18.8. The third-order valence-electron chi connectivity index (χ3n) is 6.51. The quantitative estimate of drug-likeness (QED) is 0.326. The number of hydrogen-bond donors (Lipinski definition) is 0. The summed E-state index contributed by atoms with van der Waals surface area (Å²) in [6.07, 6.45) is 11.0. The van der Waals surface area contributed by atoms with Gasteiger partial charge in [0.15, 0.2) is 0 Å². The molecule has 0 unspecified atom stereocenters. The zero-order valence-corrected chi connectivity index (χ0v) is 20.4. The molecule has 4 aromatic rings. The number of hydrogen-bond acceptors (Lipinski definition) is 4. The highest BCUT2D eigenvalue weighted by atomic mass is 79.9. The van der Waals surface area contributed by atoms with Crippen molar-refractivity contribution in [2.24, 2.45) is 5.10 Å². The summed E-state index contributed by atoms with van der Waals surface area (Å²) in [6, 6.07) is 11.7. The van der Waals surface area contributed by atoms with Gasteiger partial charge in [0.25, 0.3) is 5.56 Å². The van der Waals surface area contributed by atoms with E-state index in [2.05, 4.69) is 45.4 Å². The van der Waals surface area contributed by atoms with Crippen molar-refractivity contribution in [1.82, 2.24) is 19.2 Å². The van der Waals surface area contributed by atoms with Crippen LogP contribution in [0.15, 0.2) is 63.2 Å². The minimum Gasteiger partial charge on any atom is -0.318 e. The third-order valence-corrected chi connectivity index (χ3v) is 7.00. The smallest absolute Gasteiger partial charge is 0.282 e. The molecule has 0 amide bonds. The highest BCUT2D eigenvalue weighted by Gasteiger charge is 2.22. The predicted octanol–water partition coefficient (Wildman–Crippen LogP) is 5.89. The first-order valence-electron chi connectivity index (χ1n) is 11.4. The Bertz CT molecular complexity index is 1400. The Balaban J connectivity index is 1.63. The van der Waals surface area contributed by atoms with Crippen molar-refractivity contribution in [2.45, 2.75) is 51.9 Å². The Hall–Kier alpha value is -3.06. The van der Waals surface area contributed by atoms with Gasteiger partial charge in [-0.2, -0.15) is 9.78 Å². The molecule has 0 saturated heterocycles. The summed E-state index contributed by atoms with van der Waals surface area (Å²) in [6.45, 7) is 4.13. The molecule has 0 aliphatic heterocycles. The van der Waals surface area contributed by atoms with E-state index >= 15 is 0 Å². The van der Waals surface area contributed by atoms with Gasteiger partial charge < -0.3 is 4.57 Å². The van der Waals surface area contributed by atoms with Gasteiger partial charge in [-0.25, -0.2) is 4.98 Å². The predicted molar refractivity (Wildman–Crippen MR) is 136 cm³/mol. The van der Waals surface area contributed by atoms with Gasteiger partial charge in [0.05, 0.1) is 17.1 Å². The molecule has 33 heavy (non-hydrogen) atoms. The summed E-state index contributed by atoms with van der Waals surface area (Å²) in [7, 11) is 0. The molecule has 5 rings (SSSR count). The molecule has 0 radical (unpaired) electrons. The second kappa shape index (κ2) is 9.06. The maximum Gasteiger partial charge on any atom is 0.282 e. The first-order chi connectivity index (χ1) is 16.0. The van der Waals surface area contributed by atoms with Crippen LogP contribution in [-0.4, -0.2) is 25.4 Å². The first kappa shape index (κ1) is 21.8. The summed E-state index contributed by atoms with van der Waals surface area (Å²) in [5.41, 5.74) is 4.79. The largest absolute Gasteiger partial charge is 0.318 e. The minimum absolute atomic E-state index is 0.124. The van der Waals surface area contributed by atoms with Crippen molar-refractivity contribution >= 4 is 33.0 Å². The van der Waals surface area contributed by atoms with E-state index < -0.39 is 0 Å². The van der Waals surface area contributed by atoms with Crippen LogP contribution in [0, 0.1) is 13.8 Å². The van der Waals surface area contributed by atoms with Gasteiger partial charge in [-0.15, -0.1) is 0 Å². The second-order valence-electron chi connectivity index (χ2n) is 8.70. The maximum atomic E-state index is 13.5. The molecule has 0 spiro atoms. The van der Waals surface area contributed by atoms with Gasteiger partial charge in [-0.05, 0) is 63.1 Å². The van der Waals surface area contributed by atoms with E-state index in [1.165, 1.54) is 11.1 Å². The number of fused-ring (bicyclic) bond motifs is 1. The number of aryl methyl sites for hydroxylation is 1. The van der Waals surface area contributed by atoms with Gasteiger partial charge >= 0.3 is 0 Å². The summed E-state index contributed by atoms with van der Waals surface area (Å²) in [5, 5.41) is 5.29. The van der Waals surface area contributed by atoms with Crippen LogP contribution in [0.3, 0.4) is 0 Å². The second-order valence-corrected chi connectivity index (χ2v) is 9.61. The van der Waals surface area contributed by atoms with Crippen LogP contribution < -0.4 is 5.56 Å². The molecule has 1 aliphatic carbocycles. The molecule has 1 aromatic carbocycles. The fourth-order valence-corrected chi connectivity index (χ4v) is 5.19. The van der Waals surface area contributed by atoms with E-state index in [9.17, 15) is 4.79 Å². The molecule has 1 aliphatic rings. The fourth-order valence-electron chi connectivity index (χ4n) is 4.83. The lowest BCUT2D eigenvalue weighted by Crippen LogP contribution is -2.25. The number of aromatic nitrogens is 4. The van der Waals surface area contributed by atoms with Gasteiger partial charge in [0.2, 0.25) is 0 Å². The topological polar surface area (TPSA) is 65.1 Å². The molecule has 3 aromatic heterocycles. The molecule has 0 bridgehead atoms. The number of halogens is 1. The fraction of sp³-hybridized carbons (Fsp3) is 0.308. The lowest BCUT2D eigenvalue weighted by Gasteiger charge is -2.22. The standard InChI is InChI=1S/C26H26BrN5O/c1-17-14-20(18(2)31(17)22-10-12-28-13-11-22)16-29-32-25(19-6-4-3-5-7-19)30-24-9-8-21(27)15-23(24)26(32)33/h8-16,19H,3-7H2,1-2H3. The van der Waals surface area contributed by atoms with Crippen molar-refractivity contribution in [3.63, 3.8) is 0 Å². The first-order valence-corrected chi connectivity index (χ1v) is 12.2. The summed E-state index contributed by atoms with van der Waals surface area (Å²) in [4.78, 5) is 22.6. The van der Waals surface area contributed by atoms with Crippen LogP contribution in [0.25, 0.3) is 16.6 Å². The molecule has 0 N–H and O–H groups in total. The zero-order chi connectivity index (χ0) is 22.9. The van der Waals surface area contributed by atoms with Gasteiger partial charge in [-0.1, -0.05) is 35.2 Å². The lowest BCUT2D eigenvalue weighted by atomic mass is 9.88. The summed E-state index contributed by atoms with van der Waals surface area (Å²) in [5.74, 6) is 1.02. The van der Waals surface area contributed by atoms with Crippen LogP contribution in [-0.2, 0) is 0 Å². The van der Waals surface area contributed by atoms with Gasteiger partial charge in [0.1, 0.15) is 5.82 Å². The van der Waals surface area contributed by atoms with E-state index in [1.54, 1.807) is 18.6 Å². The highest BCUT2D eigenvalue weighted by Crippen LogP contribution is 2.32. The summed E-state index contributed by atoms with van der Waals surface area (Å²) < 4.78 is 4.56. The number of nitrogens with zero attached hydrogens (tertiary/aromatic N) is 5. The van der Waals surface area contributed by atoms with E-state index in [0.717, 1.165) is 64.1 Å². The Morgan fingerprint density at radius 3 is 2.58 bits per heavy atom. The molecule has 3 heterocycles. The van der Waals surface area contributed by atoms with Crippen molar-refractivity contribution < 1.29 is 0 Å². The van der Waals surface area contributed by atoms with Crippen molar-refractivity contribution in [3.05, 3.63) is 86.4 Å². The Labute approximate surface area is 201 Å². The average molecular weight is 504 g/mol. The number of rotatable bonds is 4. The SMILES string of the molecule is Cc1cc(C=Nn2c(C3CCCCC3)nc3ccc(Br)cc3c2=O)c(C)n1-c1ccncc1. The van der Waals surface area contributed by atoms with Gasteiger partial charge in [0, 0.05) is 45.4 Å². The summed E-state index contributed by atoms with van der Waals surface area (Å²) >= 11 is 3.48. The van der Waals surface area contributed by atoms with Crippen molar-refractivity contribution in [3.8, 4) is 5.69 Å². The van der Waals surface area contributed by atoms with E-state index in [4.69, 9.17) is 10.1 Å². The van der Waals surface area contributed by atoms with Crippen LogP contribution >= 0.6 is 15.9 Å². The molecule has 0 atom stereocenters. The normalized spacial score (nSPS) is 15.0. The molecular formula is C26H26BrN5O. The molecule has 7 heteroatoms. The van der Waals surface area contributed by atoms with Crippen LogP contribution in [0.2, 0.25) is 0 Å². The van der Waals surface area contributed by atoms with E-state index in [-0.39, 0.29) is 11.5 Å². The third kappa shape index (κ3) is 4.17. The molecule has 1 fully saturated rings. The Morgan fingerprint density at radius 2 is 1.82 bits per heavy atom. The lowest BCUT2D eigenvalue weighted by molar-refractivity contribution is 0.416. The highest BCUT2D eigenvalue weighted by molar-refractivity contribution is 9.10. The number of benzene rings is 1. The van der Waals surface area contributed by atoms with E-state index in [0.29, 0.717) is 5.39 Å². The Kier molecular flexibility index (Phi) is 5.98. The van der Waals surface area contributed by atoms with Crippen molar-refractivity contribution in [1.29, 1.82) is 0 Å². The Morgan fingerprint density at radius 1 is 1.06 bits per heavy atom. The molecule has 6 nitrogen and oxygen atoms in total. The maximum absolute atomic E-state index is 13.5. The van der Waals surface area contributed by atoms with Crippen LogP contribution in [0.1, 0.15) is 60.8 Å². The average Bonchev–Trinajstić information content (AvgIpc) is 3.12. The van der Waals surface area contributed by atoms with Crippen molar-refractivity contribution in [2.75, 3.05) is 0 Å². The van der Waals surface area contributed by atoms with Gasteiger partial charge in [-0.3, -0.25) is 9.78 Å². The van der Waals surface area contributed by atoms with E-state index in [1.807, 2.05) is 30.3 Å². The van der Waals surface area contributed by atoms with Crippen LogP contribution in [0.5, 0.6) is 0 Å².